The highest BCUT2D eigenvalue weighted by Crippen LogP contribution is 2.10. The van der Waals surface area contributed by atoms with Crippen molar-refractivity contribution in [3.63, 3.8) is 0 Å². The molecule has 0 aromatic heterocycles. The standard InChI is InChI=1S/C12H18N2O2/c1-9(13)7-8-14-11-5-3-10(4-6-11)12(15)16-2/h3-6,9,14H,7-8,13H2,1-2H3. The van der Waals surface area contributed by atoms with Crippen molar-refractivity contribution < 1.29 is 9.53 Å². The molecule has 1 aromatic rings. The fraction of sp³-hybridized carbons (Fsp3) is 0.417. The van der Waals surface area contributed by atoms with Crippen molar-refractivity contribution in [2.75, 3.05) is 19.0 Å². The average Bonchev–Trinajstić information content (AvgIpc) is 2.28. The Kier molecular flexibility index (Phi) is 4.79. The molecule has 3 N–H and O–H groups in total. The molecule has 4 heteroatoms. The Balaban J connectivity index is 2.48. The van der Waals surface area contributed by atoms with Crippen molar-refractivity contribution in [2.24, 2.45) is 5.73 Å². The number of hydrogen-bond donors (Lipinski definition) is 2. The molecule has 0 bridgehead atoms. The predicted molar refractivity (Wildman–Crippen MR) is 64.5 cm³/mol. The molecule has 16 heavy (non-hydrogen) atoms. The Hall–Kier alpha value is -1.55. The minimum Gasteiger partial charge on any atom is -0.465 e. The summed E-state index contributed by atoms with van der Waals surface area (Å²) in [5.74, 6) is -0.317. The zero-order chi connectivity index (χ0) is 12.0. The highest BCUT2D eigenvalue weighted by molar-refractivity contribution is 5.89. The zero-order valence-corrected chi connectivity index (χ0v) is 9.69. The fourth-order valence-corrected chi connectivity index (χ4v) is 1.29. The van der Waals surface area contributed by atoms with E-state index in [0.29, 0.717) is 5.56 Å². The Morgan fingerprint density at radius 3 is 2.56 bits per heavy atom. The number of nitrogens with one attached hydrogen (secondary N) is 1. The summed E-state index contributed by atoms with van der Waals surface area (Å²) < 4.78 is 4.61. The van der Waals surface area contributed by atoms with Gasteiger partial charge in [0.1, 0.15) is 0 Å². The number of nitrogens with two attached hydrogens (primary N) is 1. The van der Waals surface area contributed by atoms with Gasteiger partial charge in [0.15, 0.2) is 0 Å². The monoisotopic (exact) mass is 222 g/mol. The lowest BCUT2D eigenvalue weighted by molar-refractivity contribution is 0.0601. The number of esters is 1. The Labute approximate surface area is 95.8 Å². The van der Waals surface area contributed by atoms with Gasteiger partial charge in [-0.05, 0) is 37.6 Å². The van der Waals surface area contributed by atoms with Crippen LogP contribution in [0.5, 0.6) is 0 Å². The minimum atomic E-state index is -0.317. The van der Waals surface area contributed by atoms with Crippen molar-refractivity contribution in [3.05, 3.63) is 29.8 Å². The lowest BCUT2D eigenvalue weighted by atomic mass is 10.2. The Morgan fingerprint density at radius 1 is 1.44 bits per heavy atom. The second-order valence-electron chi connectivity index (χ2n) is 3.76. The van der Waals surface area contributed by atoms with Crippen molar-refractivity contribution in [2.45, 2.75) is 19.4 Å². The third-order valence-electron chi connectivity index (χ3n) is 2.23. The van der Waals surface area contributed by atoms with E-state index >= 15 is 0 Å². The predicted octanol–water partition coefficient (Wildman–Crippen LogP) is 1.62. The lowest BCUT2D eigenvalue weighted by Crippen LogP contribution is -2.19. The number of ether oxygens (including phenoxy) is 1. The lowest BCUT2D eigenvalue weighted by Gasteiger charge is -2.08. The second kappa shape index (κ2) is 6.12. The number of carbonyl (C=O) groups is 1. The molecule has 0 amide bonds. The quantitative estimate of drug-likeness (QED) is 0.743. The second-order valence-corrected chi connectivity index (χ2v) is 3.76. The van der Waals surface area contributed by atoms with Crippen LogP contribution in [0.4, 0.5) is 5.69 Å². The first-order valence-electron chi connectivity index (χ1n) is 5.31. The van der Waals surface area contributed by atoms with E-state index in [1.165, 1.54) is 7.11 Å². The highest BCUT2D eigenvalue weighted by Gasteiger charge is 2.03. The first-order valence-corrected chi connectivity index (χ1v) is 5.31. The largest absolute Gasteiger partial charge is 0.465 e. The number of rotatable bonds is 5. The minimum absolute atomic E-state index is 0.196. The topological polar surface area (TPSA) is 64.3 Å². The summed E-state index contributed by atoms with van der Waals surface area (Å²) in [4.78, 5) is 11.2. The Morgan fingerprint density at radius 2 is 2.06 bits per heavy atom. The molecule has 1 unspecified atom stereocenters. The average molecular weight is 222 g/mol. The maximum absolute atomic E-state index is 11.2. The van der Waals surface area contributed by atoms with E-state index in [9.17, 15) is 4.79 Å². The highest BCUT2D eigenvalue weighted by atomic mass is 16.5. The van der Waals surface area contributed by atoms with Crippen LogP contribution in [0, 0.1) is 0 Å². The molecular formula is C12H18N2O2. The molecule has 0 radical (unpaired) electrons. The van der Waals surface area contributed by atoms with E-state index in [4.69, 9.17) is 5.73 Å². The molecule has 1 aromatic carbocycles. The van der Waals surface area contributed by atoms with Gasteiger partial charge in [-0.25, -0.2) is 4.79 Å². The van der Waals surface area contributed by atoms with Crippen LogP contribution in [0.3, 0.4) is 0 Å². The van der Waals surface area contributed by atoms with Crippen molar-refractivity contribution >= 4 is 11.7 Å². The number of anilines is 1. The van der Waals surface area contributed by atoms with E-state index in [2.05, 4.69) is 10.1 Å². The summed E-state index contributed by atoms with van der Waals surface area (Å²) in [5.41, 5.74) is 7.17. The molecule has 0 heterocycles. The molecule has 0 spiro atoms. The van der Waals surface area contributed by atoms with Crippen LogP contribution in [0.2, 0.25) is 0 Å². The van der Waals surface area contributed by atoms with Crippen LogP contribution in [-0.2, 0) is 4.74 Å². The van der Waals surface area contributed by atoms with Crippen LogP contribution < -0.4 is 11.1 Å². The first kappa shape index (κ1) is 12.5. The van der Waals surface area contributed by atoms with E-state index < -0.39 is 0 Å². The van der Waals surface area contributed by atoms with Crippen molar-refractivity contribution in [1.82, 2.24) is 0 Å². The third-order valence-corrected chi connectivity index (χ3v) is 2.23. The summed E-state index contributed by atoms with van der Waals surface area (Å²) in [7, 11) is 1.37. The van der Waals surface area contributed by atoms with E-state index in [-0.39, 0.29) is 12.0 Å². The van der Waals surface area contributed by atoms with Crippen molar-refractivity contribution in [3.8, 4) is 0 Å². The van der Waals surface area contributed by atoms with Gasteiger partial charge >= 0.3 is 5.97 Å². The van der Waals surface area contributed by atoms with E-state index in [1.54, 1.807) is 12.1 Å². The third kappa shape index (κ3) is 3.90. The van der Waals surface area contributed by atoms with Gasteiger partial charge in [0, 0.05) is 18.3 Å². The van der Waals surface area contributed by atoms with Crippen LogP contribution in [-0.4, -0.2) is 25.7 Å². The number of carbonyl (C=O) groups excluding carboxylic acids is 1. The zero-order valence-electron chi connectivity index (χ0n) is 9.69. The van der Waals surface area contributed by atoms with Gasteiger partial charge < -0.3 is 15.8 Å². The smallest absolute Gasteiger partial charge is 0.337 e. The molecule has 0 aliphatic heterocycles. The molecule has 1 atom stereocenters. The van der Waals surface area contributed by atoms with Gasteiger partial charge in [-0.3, -0.25) is 0 Å². The maximum Gasteiger partial charge on any atom is 0.337 e. The molecule has 4 nitrogen and oxygen atoms in total. The molecule has 88 valence electrons. The molecule has 0 aliphatic carbocycles. The van der Waals surface area contributed by atoms with E-state index in [1.807, 2.05) is 19.1 Å². The van der Waals surface area contributed by atoms with Gasteiger partial charge in [-0.1, -0.05) is 0 Å². The van der Waals surface area contributed by atoms with Crippen LogP contribution in [0.25, 0.3) is 0 Å². The summed E-state index contributed by atoms with van der Waals surface area (Å²) in [6, 6.07) is 7.38. The van der Waals surface area contributed by atoms with Crippen molar-refractivity contribution in [1.29, 1.82) is 0 Å². The van der Waals surface area contributed by atoms with Gasteiger partial charge in [-0.15, -0.1) is 0 Å². The fourth-order valence-electron chi connectivity index (χ4n) is 1.29. The summed E-state index contributed by atoms with van der Waals surface area (Å²) in [5, 5.41) is 3.23. The summed E-state index contributed by atoms with van der Waals surface area (Å²) >= 11 is 0. The number of benzene rings is 1. The van der Waals surface area contributed by atoms with Gasteiger partial charge in [0.05, 0.1) is 12.7 Å². The van der Waals surface area contributed by atoms with Crippen LogP contribution in [0.1, 0.15) is 23.7 Å². The van der Waals surface area contributed by atoms with Crippen LogP contribution in [0.15, 0.2) is 24.3 Å². The Bertz CT molecular complexity index is 333. The van der Waals surface area contributed by atoms with Gasteiger partial charge in [0.25, 0.3) is 0 Å². The van der Waals surface area contributed by atoms with Gasteiger partial charge in [-0.2, -0.15) is 0 Å². The van der Waals surface area contributed by atoms with E-state index in [0.717, 1.165) is 18.7 Å². The molecule has 0 fully saturated rings. The van der Waals surface area contributed by atoms with Gasteiger partial charge in [0.2, 0.25) is 0 Å². The normalized spacial score (nSPS) is 11.9. The molecule has 1 rings (SSSR count). The first-order chi connectivity index (χ1) is 7.63. The molecule has 0 saturated carbocycles. The summed E-state index contributed by atoms with van der Waals surface area (Å²) in [6.45, 7) is 2.80. The molecule has 0 aliphatic rings. The SMILES string of the molecule is COC(=O)c1ccc(NCCC(C)N)cc1. The maximum atomic E-state index is 11.2. The molecular weight excluding hydrogens is 204 g/mol. The molecule has 0 saturated heterocycles. The number of hydrogen-bond acceptors (Lipinski definition) is 4. The van der Waals surface area contributed by atoms with Crippen LogP contribution >= 0.6 is 0 Å². The number of methoxy groups -OCH3 is 1. The summed E-state index contributed by atoms with van der Waals surface area (Å²) in [6.07, 6.45) is 0.915.